The summed E-state index contributed by atoms with van der Waals surface area (Å²) in [4.78, 5) is 45.1. The smallest absolute Gasteiger partial charge is 0.259 e. The highest BCUT2D eigenvalue weighted by atomic mass is 32.1. The van der Waals surface area contributed by atoms with Gasteiger partial charge in [-0.3, -0.25) is 9.59 Å². The van der Waals surface area contributed by atoms with Crippen LogP contribution in [0.3, 0.4) is 0 Å². The molecule has 0 spiro atoms. The van der Waals surface area contributed by atoms with Crippen molar-refractivity contribution in [1.29, 1.82) is 0 Å². The van der Waals surface area contributed by atoms with Crippen LogP contribution in [-0.4, -0.2) is 24.9 Å². The number of thiophene rings is 4. The highest BCUT2D eigenvalue weighted by Gasteiger charge is 2.43. The van der Waals surface area contributed by atoms with Gasteiger partial charge in [-0.05, 0) is 133 Å². The quantitative estimate of drug-likeness (QED) is 0.0282. The second-order valence-corrected chi connectivity index (χ2v) is 33.3. The van der Waals surface area contributed by atoms with Gasteiger partial charge >= 0.3 is 0 Å². The van der Waals surface area contributed by atoms with Gasteiger partial charge in [0.05, 0.1) is 22.5 Å². The maximum Gasteiger partial charge on any atom is 0.259 e. The van der Waals surface area contributed by atoms with Crippen LogP contribution in [0, 0.1) is 11.8 Å². The first-order valence-corrected chi connectivity index (χ1v) is 43.7. The molecule has 8 heteroatoms. The van der Waals surface area contributed by atoms with Crippen LogP contribution in [0.1, 0.15) is 346 Å². The van der Waals surface area contributed by atoms with E-state index in [1.807, 2.05) is 45.3 Å². The van der Waals surface area contributed by atoms with Gasteiger partial charge in [0.2, 0.25) is 0 Å². The van der Waals surface area contributed by atoms with E-state index < -0.39 is 0 Å². The monoisotopic (exact) mass is 1370 g/mol. The summed E-state index contributed by atoms with van der Waals surface area (Å²) in [5.41, 5.74) is 10.4. The molecule has 0 bridgehead atoms. The third-order valence-electron chi connectivity index (χ3n) is 21.3. The van der Waals surface area contributed by atoms with Crippen LogP contribution in [0.25, 0.3) is 51.5 Å². The molecule has 6 aromatic rings. The zero-order chi connectivity index (χ0) is 67.4. The lowest BCUT2D eigenvalue weighted by atomic mass is 9.93. The van der Waals surface area contributed by atoms with Crippen molar-refractivity contribution in [3.8, 4) is 40.4 Å². The minimum atomic E-state index is 0.0228. The van der Waals surface area contributed by atoms with Crippen molar-refractivity contribution in [2.75, 3.05) is 22.9 Å². The van der Waals surface area contributed by atoms with Gasteiger partial charge in [-0.2, -0.15) is 0 Å². The molecular weight excluding hydrogens is 1250 g/mol. The Morgan fingerprint density at radius 1 is 0.323 bits per heavy atom. The lowest BCUT2D eigenvalue weighted by Crippen LogP contribution is -2.34. The van der Waals surface area contributed by atoms with Gasteiger partial charge in [-0.25, -0.2) is 0 Å². The van der Waals surface area contributed by atoms with Crippen LogP contribution in [0.4, 0.5) is 11.4 Å². The summed E-state index contributed by atoms with van der Waals surface area (Å²) in [5.74, 6) is 0.821. The predicted molar refractivity (Wildman–Crippen MR) is 429 cm³/mol. The minimum absolute atomic E-state index is 0.0228. The number of anilines is 2. The Labute approximate surface area is 602 Å². The maximum absolute atomic E-state index is 16.3. The molecule has 8 rings (SSSR count). The lowest BCUT2D eigenvalue weighted by Gasteiger charge is -2.25. The van der Waals surface area contributed by atoms with Gasteiger partial charge in [0, 0.05) is 53.5 Å². The number of nitrogens with zero attached hydrogens (tertiary/aromatic N) is 2. The summed E-state index contributed by atoms with van der Waals surface area (Å²) in [6.07, 6.45) is 58.5. The van der Waals surface area contributed by atoms with Gasteiger partial charge in [0.15, 0.2) is 0 Å². The number of rotatable bonds is 54. The number of hydrogen-bond acceptors (Lipinski definition) is 6. The second-order valence-electron chi connectivity index (χ2n) is 29.3. The molecule has 0 saturated heterocycles. The normalized spacial score (nSPS) is 14.5. The van der Waals surface area contributed by atoms with E-state index in [9.17, 15) is 0 Å². The van der Waals surface area contributed by atoms with Crippen LogP contribution in [0.15, 0.2) is 83.6 Å². The van der Waals surface area contributed by atoms with Crippen LogP contribution >= 0.6 is 45.3 Å². The first-order chi connectivity index (χ1) is 47.3. The molecule has 2 aliphatic heterocycles. The molecule has 6 heterocycles. The summed E-state index contributed by atoms with van der Waals surface area (Å²) in [5, 5.41) is 4.45. The van der Waals surface area contributed by atoms with Crippen molar-refractivity contribution in [3.05, 3.63) is 106 Å². The predicted octanol–water partition coefficient (Wildman–Crippen LogP) is 29.8. The Balaban J connectivity index is 1.18. The summed E-state index contributed by atoms with van der Waals surface area (Å²) in [6.45, 7) is 15.2. The van der Waals surface area contributed by atoms with Gasteiger partial charge in [0.25, 0.3) is 11.8 Å². The van der Waals surface area contributed by atoms with E-state index in [2.05, 4.69) is 135 Å². The fraction of sp³-hybridized carbons (Fsp3) is 0.636. The number of carbonyl (C=O) groups is 2. The standard InChI is InChI=1S/C88H130N2O2S4/c1-7-13-19-25-29-31-33-35-39-45-53-73-65-81(95-85(73)79-55-47-61-93-79)71-57-59-75-77(63-71)89(67-69(49-41-23-17-11-5)51-43-37-27-21-15-9-3)87(91)83(75)84-76-60-58-72(64-78(76)90(88(84)92)68-70(50-42-24-18-12-6)52-44-38-28-22-16-10-4)82-66-74(86(96-82)80-56-48-62-94-80)54-46-40-36-34-32-30-26-20-14-8-2/h47-48,55-66,69-70H,7-46,49-54,67-68H2,1-6H3/b84-83+. The Kier molecular flexibility index (Phi) is 36.3. The fourth-order valence-electron chi connectivity index (χ4n) is 15.5. The van der Waals surface area contributed by atoms with E-state index in [4.69, 9.17) is 0 Å². The number of unbranched alkanes of at least 4 members (excludes halogenated alkanes) is 34. The van der Waals surface area contributed by atoms with E-state index in [-0.39, 0.29) is 11.8 Å². The van der Waals surface area contributed by atoms with Crippen LogP contribution in [0.2, 0.25) is 0 Å². The first-order valence-electron chi connectivity index (χ1n) is 40.3. The third-order valence-corrected chi connectivity index (χ3v) is 25.9. The molecule has 4 aromatic heterocycles. The van der Waals surface area contributed by atoms with Crippen LogP contribution < -0.4 is 9.80 Å². The molecule has 2 amide bonds. The first kappa shape index (κ1) is 77.7. The summed E-state index contributed by atoms with van der Waals surface area (Å²) < 4.78 is 0. The van der Waals surface area contributed by atoms with E-state index in [1.54, 1.807) is 0 Å². The van der Waals surface area contributed by atoms with E-state index >= 15 is 9.59 Å². The Hall–Kier alpha value is -4.08. The van der Waals surface area contributed by atoms with Gasteiger partial charge in [0.1, 0.15) is 0 Å². The van der Waals surface area contributed by atoms with Crippen LogP contribution in [-0.2, 0) is 22.4 Å². The summed E-state index contributed by atoms with van der Waals surface area (Å²) >= 11 is 7.58. The number of hydrogen-bond donors (Lipinski definition) is 0. The van der Waals surface area contributed by atoms with Gasteiger partial charge in [-0.15, -0.1) is 45.3 Å². The average molecular weight is 1380 g/mol. The summed E-state index contributed by atoms with van der Waals surface area (Å²) in [6, 6.07) is 27.9. The molecule has 2 atom stereocenters. The van der Waals surface area contributed by atoms with Crippen molar-refractivity contribution in [2.24, 2.45) is 11.8 Å². The highest BCUT2D eigenvalue weighted by molar-refractivity contribution is 7.24. The number of benzene rings is 2. The minimum Gasteiger partial charge on any atom is -0.307 e. The second kappa shape index (κ2) is 44.9. The zero-order valence-corrected chi connectivity index (χ0v) is 64.8. The molecule has 96 heavy (non-hydrogen) atoms. The van der Waals surface area contributed by atoms with Crippen molar-refractivity contribution in [3.63, 3.8) is 0 Å². The lowest BCUT2D eigenvalue weighted by molar-refractivity contribution is -0.114. The summed E-state index contributed by atoms with van der Waals surface area (Å²) in [7, 11) is 0. The van der Waals surface area contributed by atoms with Crippen molar-refractivity contribution >= 4 is 79.7 Å². The Bertz CT molecular complexity index is 2930. The van der Waals surface area contributed by atoms with Crippen LogP contribution in [0.5, 0.6) is 0 Å². The number of carbonyl (C=O) groups excluding carboxylic acids is 2. The van der Waals surface area contributed by atoms with E-state index in [0.29, 0.717) is 36.1 Å². The number of fused-ring (bicyclic) bond motifs is 2. The van der Waals surface area contributed by atoms with Gasteiger partial charge < -0.3 is 9.80 Å². The molecule has 0 radical (unpaired) electrons. The van der Waals surface area contributed by atoms with E-state index in [0.717, 1.165) is 61.0 Å². The highest BCUT2D eigenvalue weighted by Crippen LogP contribution is 2.52. The molecule has 4 nitrogen and oxygen atoms in total. The molecule has 2 aliphatic rings. The molecule has 2 unspecified atom stereocenters. The van der Waals surface area contributed by atoms with E-state index in [1.165, 1.54) is 308 Å². The molecule has 2 aromatic carbocycles. The molecule has 0 aliphatic carbocycles. The third kappa shape index (κ3) is 24.1. The zero-order valence-electron chi connectivity index (χ0n) is 61.5. The fourth-order valence-corrected chi connectivity index (χ4v) is 19.7. The SMILES string of the molecule is CCCCCCCCCCCCc1cc(-c2ccc3c(c2)N(CC(CCCCCC)CCCCCCCC)C(=O)/C3=C2/C(=O)N(CC(CCCCCC)CCCCCCCC)c3cc(-c4cc(CCCCCCCCCCCC)c(-c5cccs5)s4)ccc32)sc1-c1cccs1. The Morgan fingerprint density at radius 3 is 0.917 bits per heavy atom. The van der Waals surface area contributed by atoms with Gasteiger partial charge in [-0.1, -0.05) is 322 Å². The topological polar surface area (TPSA) is 40.6 Å². The average Bonchev–Trinajstić information content (AvgIpc) is 1.57. The molecular formula is C88H130N2O2S4. The molecule has 0 saturated carbocycles. The van der Waals surface area contributed by atoms with Crippen molar-refractivity contribution in [2.45, 2.75) is 337 Å². The van der Waals surface area contributed by atoms with Crippen molar-refractivity contribution in [1.82, 2.24) is 0 Å². The molecule has 0 fully saturated rings. The molecule has 528 valence electrons. The number of amides is 2. The molecule has 0 N–H and O–H groups in total. The maximum atomic E-state index is 16.3. The number of aryl methyl sites for hydroxylation is 2. The Morgan fingerprint density at radius 2 is 0.615 bits per heavy atom. The van der Waals surface area contributed by atoms with Crippen molar-refractivity contribution < 1.29 is 9.59 Å². The largest absolute Gasteiger partial charge is 0.307 e.